The van der Waals surface area contributed by atoms with Gasteiger partial charge in [-0.05, 0) is 18.8 Å². The first kappa shape index (κ1) is 8.24. The van der Waals surface area contributed by atoms with Gasteiger partial charge in [-0.25, -0.2) is 0 Å². The molecule has 12 heavy (non-hydrogen) atoms. The zero-order valence-corrected chi connectivity index (χ0v) is 7.71. The molecule has 0 aromatic heterocycles. The van der Waals surface area contributed by atoms with Gasteiger partial charge in [0.15, 0.2) is 5.78 Å². The first-order chi connectivity index (χ1) is 5.58. The van der Waals surface area contributed by atoms with E-state index in [0.717, 1.165) is 12.8 Å². The second-order valence-corrected chi connectivity index (χ2v) is 4.52. The molecule has 0 aliphatic heterocycles. The molecule has 1 N–H and O–H groups in total. The van der Waals surface area contributed by atoms with Gasteiger partial charge >= 0.3 is 0 Å². The van der Waals surface area contributed by atoms with Crippen molar-refractivity contribution in [2.75, 3.05) is 0 Å². The number of Topliss-reactive ketones (excluding diaryl/α,β-unsaturated/α-hetero) is 1. The fourth-order valence-electron chi connectivity index (χ4n) is 2.92. The van der Waals surface area contributed by atoms with E-state index in [1.54, 1.807) is 0 Å². The number of ketones is 1. The van der Waals surface area contributed by atoms with Gasteiger partial charge in [0, 0.05) is 18.3 Å². The zero-order chi connectivity index (χ0) is 8.93. The maximum absolute atomic E-state index is 11.4. The van der Waals surface area contributed by atoms with E-state index >= 15 is 0 Å². The lowest BCUT2D eigenvalue weighted by Crippen LogP contribution is -2.29. The highest BCUT2D eigenvalue weighted by Crippen LogP contribution is 2.60. The van der Waals surface area contributed by atoms with Crippen LogP contribution in [0.4, 0.5) is 0 Å². The molecule has 2 rings (SSSR count). The molecule has 2 nitrogen and oxygen atoms in total. The Morgan fingerprint density at radius 1 is 1.58 bits per heavy atom. The third-order valence-electron chi connectivity index (χ3n) is 3.48. The summed E-state index contributed by atoms with van der Waals surface area (Å²) in [5, 5.41) is 10.00. The summed E-state index contributed by atoms with van der Waals surface area (Å²) in [5.74, 6) is 1.09. The number of carbonyl (C=O) groups excluding carboxylic acids is 1. The lowest BCUT2D eigenvalue weighted by atomic mass is 9.96. The quantitative estimate of drug-likeness (QED) is 0.642. The second-order valence-electron chi connectivity index (χ2n) is 4.52. The molecule has 0 saturated heterocycles. The summed E-state index contributed by atoms with van der Waals surface area (Å²) >= 11 is 0. The second kappa shape index (κ2) is 2.32. The Balaban J connectivity index is 2.19. The molecule has 2 saturated carbocycles. The summed E-state index contributed by atoms with van der Waals surface area (Å²) in [5.41, 5.74) is -0.896. The van der Waals surface area contributed by atoms with Gasteiger partial charge in [-0.2, -0.15) is 0 Å². The molecule has 0 heterocycles. The predicted molar refractivity (Wildman–Crippen MR) is 45.6 cm³/mol. The number of rotatable bonds is 1. The van der Waals surface area contributed by atoms with E-state index in [2.05, 4.69) is 13.8 Å². The number of fused-ring (bicyclic) bond motifs is 1. The highest BCUT2D eigenvalue weighted by molar-refractivity contribution is 5.92. The normalized spacial score (nSPS) is 46.2. The van der Waals surface area contributed by atoms with Crippen LogP contribution in [0.2, 0.25) is 0 Å². The molecular weight excluding hydrogens is 152 g/mol. The molecule has 2 fully saturated rings. The summed E-state index contributed by atoms with van der Waals surface area (Å²) < 4.78 is 0. The minimum atomic E-state index is -0.896. The van der Waals surface area contributed by atoms with Crippen LogP contribution in [-0.2, 0) is 4.79 Å². The Kier molecular flexibility index (Phi) is 1.59. The van der Waals surface area contributed by atoms with Crippen LogP contribution in [0.15, 0.2) is 0 Å². The Labute approximate surface area is 73.0 Å². The number of carbonyl (C=O) groups is 1. The molecule has 0 bridgehead atoms. The Morgan fingerprint density at radius 2 is 2.25 bits per heavy atom. The summed E-state index contributed by atoms with van der Waals surface area (Å²) in [4.78, 5) is 11.4. The summed E-state index contributed by atoms with van der Waals surface area (Å²) in [6.07, 6.45) is 2.62. The Hall–Kier alpha value is -0.370. The van der Waals surface area contributed by atoms with E-state index < -0.39 is 5.60 Å². The minimum Gasteiger partial charge on any atom is -0.381 e. The van der Waals surface area contributed by atoms with Crippen molar-refractivity contribution in [1.82, 2.24) is 0 Å². The number of hydrogen-bond donors (Lipinski definition) is 1. The van der Waals surface area contributed by atoms with Crippen LogP contribution in [0.5, 0.6) is 0 Å². The van der Waals surface area contributed by atoms with Gasteiger partial charge in [0.25, 0.3) is 0 Å². The molecule has 0 aromatic rings. The fraction of sp³-hybridized carbons (Fsp3) is 0.900. The Bertz CT molecular complexity index is 222. The molecule has 3 atom stereocenters. The van der Waals surface area contributed by atoms with Gasteiger partial charge in [0.2, 0.25) is 0 Å². The van der Waals surface area contributed by atoms with Crippen molar-refractivity contribution in [3.05, 3.63) is 0 Å². The third kappa shape index (κ3) is 0.817. The molecule has 2 aliphatic carbocycles. The minimum absolute atomic E-state index is 0.0949. The van der Waals surface area contributed by atoms with Crippen LogP contribution >= 0.6 is 0 Å². The van der Waals surface area contributed by atoms with Gasteiger partial charge in [0.05, 0.1) is 0 Å². The van der Waals surface area contributed by atoms with Gasteiger partial charge in [-0.1, -0.05) is 13.8 Å². The van der Waals surface area contributed by atoms with Gasteiger partial charge < -0.3 is 5.11 Å². The summed E-state index contributed by atoms with van der Waals surface area (Å²) in [6.45, 7) is 4.18. The van der Waals surface area contributed by atoms with Crippen molar-refractivity contribution in [3.63, 3.8) is 0 Å². The third-order valence-corrected chi connectivity index (χ3v) is 3.48. The van der Waals surface area contributed by atoms with Crippen molar-refractivity contribution in [1.29, 1.82) is 0 Å². The van der Waals surface area contributed by atoms with Crippen LogP contribution < -0.4 is 0 Å². The SMILES string of the molecule is CC(C)C1C2CCCC(=O)C21O. The van der Waals surface area contributed by atoms with E-state index in [0.29, 0.717) is 18.3 Å². The molecular formula is C10H16O2. The largest absolute Gasteiger partial charge is 0.381 e. The maximum Gasteiger partial charge on any atom is 0.164 e. The standard InChI is InChI=1S/C10H16O2/c1-6(2)9-7-4-3-5-8(11)10(7,9)12/h6-7,9,12H,3-5H2,1-2H3. The molecule has 0 amide bonds. The van der Waals surface area contributed by atoms with Crippen LogP contribution in [0.25, 0.3) is 0 Å². The molecule has 0 aromatic carbocycles. The molecule has 2 heteroatoms. The number of aliphatic hydroxyl groups is 1. The van der Waals surface area contributed by atoms with E-state index in [-0.39, 0.29) is 11.7 Å². The molecule has 0 spiro atoms. The van der Waals surface area contributed by atoms with Gasteiger partial charge in [-0.15, -0.1) is 0 Å². The fourth-order valence-corrected chi connectivity index (χ4v) is 2.92. The Morgan fingerprint density at radius 3 is 2.75 bits per heavy atom. The molecule has 3 unspecified atom stereocenters. The molecule has 2 aliphatic rings. The van der Waals surface area contributed by atoms with Crippen molar-refractivity contribution in [2.24, 2.45) is 17.8 Å². The highest BCUT2D eigenvalue weighted by atomic mass is 16.3. The van der Waals surface area contributed by atoms with Crippen LogP contribution in [0, 0.1) is 17.8 Å². The van der Waals surface area contributed by atoms with E-state index in [9.17, 15) is 9.90 Å². The van der Waals surface area contributed by atoms with E-state index in [1.165, 1.54) is 0 Å². The van der Waals surface area contributed by atoms with Crippen molar-refractivity contribution >= 4 is 5.78 Å². The average Bonchev–Trinajstić information content (AvgIpc) is 2.58. The topological polar surface area (TPSA) is 37.3 Å². The van der Waals surface area contributed by atoms with Gasteiger partial charge in [0.1, 0.15) is 5.60 Å². The highest BCUT2D eigenvalue weighted by Gasteiger charge is 2.69. The number of hydrogen-bond acceptors (Lipinski definition) is 2. The maximum atomic E-state index is 11.4. The zero-order valence-electron chi connectivity index (χ0n) is 7.71. The first-order valence-electron chi connectivity index (χ1n) is 4.84. The van der Waals surface area contributed by atoms with Crippen molar-refractivity contribution < 1.29 is 9.90 Å². The monoisotopic (exact) mass is 168 g/mol. The first-order valence-corrected chi connectivity index (χ1v) is 4.84. The lowest BCUT2D eigenvalue weighted by Gasteiger charge is -2.14. The van der Waals surface area contributed by atoms with Crippen molar-refractivity contribution in [3.8, 4) is 0 Å². The smallest absolute Gasteiger partial charge is 0.164 e. The van der Waals surface area contributed by atoms with Crippen molar-refractivity contribution in [2.45, 2.75) is 38.7 Å². The van der Waals surface area contributed by atoms with Gasteiger partial charge in [-0.3, -0.25) is 4.79 Å². The van der Waals surface area contributed by atoms with E-state index in [1.807, 2.05) is 0 Å². The lowest BCUT2D eigenvalue weighted by molar-refractivity contribution is -0.132. The summed E-state index contributed by atoms with van der Waals surface area (Å²) in [6, 6.07) is 0. The van der Waals surface area contributed by atoms with E-state index in [4.69, 9.17) is 0 Å². The summed E-state index contributed by atoms with van der Waals surface area (Å²) in [7, 11) is 0. The molecule has 68 valence electrons. The predicted octanol–water partition coefficient (Wildman–Crippen LogP) is 1.37. The van der Waals surface area contributed by atoms with Crippen LogP contribution in [0.1, 0.15) is 33.1 Å². The van der Waals surface area contributed by atoms with Crippen LogP contribution in [0.3, 0.4) is 0 Å². The molecule has 0 radical (unpaired) electrons. The average molecular weight is 168 g/mol. The van der Waals surface area contributed by atoms with Crippen LogP contribution in [-0.4, -0.2) is 16.5 Å².